The smallest absolute Gasteiger partial charge is 0.281 e. The number of allylic oxidation sites excluding steroid dienone is 2. The molecule has 1 aliphatic rings. The van der Waals surface area contributed by atoms with Crippen LogP contribution in [0.15, 0.2) is 59.8 Å². The summed E-state index contributed by atoms with van der Waals surface area (Å²) in [6.45, 7) is 0. The number of hydrogen-bond donors (Lipinski definition) is 2. The van der Waals surface area contributed by atoms with Gasteiger partial charge in [-0.05, 0) is 49.5 Å². The molecule has 6 heteroatoms. The lowest BCUT2D eigenvalue weighted by atomic mass is 9.98. The summed E-state index contributed by atoms with van der Waals surface area (Å²) in [6, 6.07) is 6.45. The summed E-state index contributed by atoms with van der Waals surface area (Å²) in [5, 5.41) is 10.4. The van der Waals surface area contributed by atoms with Crippen molar-refractivity contribution in [3.8, 4) is 0 Å². The van der Waals surface area contributed by atoms with Crippen molar-refractivity contribution in [3.63, 3.8) is 0 Å². The molecule has 2 aromatic rings. The topological polar surface area (TPSA) is 75.3 Å². The van der Waals surface area contributed by atoms with Gasteiger partial charge in [0.25, 0.3) is 5.91 Å². The normalized spacial score (nSPS) is 16.6. The van der Waals surface area contributed by atoms with E-state index in [9.17, 15) is 9.18 Å². The molecule has 0 amide bonds. The lowest BCUT2D eigenvalue weighted by Gasteiger charge is -2.12. The van der Waals surface area contributed by atoms with Gasteiger partial charge in [0.1, 0.15) is 23.6 Å². The second kappa shape index (κ2) is 8.01. The molecule has 3 N–H and O–H groups in total. The van der Waals surface area contributed by atoms with Gasteiger partial charge in [-0.15, -0.1) is 0 Å². The van der Waals surface area contributed by atoms with Gasteiger partial charge in [-0.3, -0.25) is 14.8 Å². The number of carbonyl (C=O) groups is 1. The van der Waals surface area contributed by atoms with E-state index in [-0.39, 0.29) is 17.4 Å². The van der Waals surface area contributed by atoms with Crippen molar-refractivity contribution in [2.45, 2.75) is 25.7 Å². The Morgan fingerprint density at radius 3 is 2.85 bits per heavy atom. The highest BCUT2D eigenvalue weighted by molar-refractivity contribution is 6.44. The number of carbonyl (C=O) groups excluding carboxylic acids is 1. The number of imidazole rings is 1. The molecule has 5 nitrogen and oxygen atoms in total. The first kappa shape index (κ1) is 17.9. The minimum Gasteiger partial charge on any atom is -0.316 e. The standard InChI is InChI=1S/C20H21FN4O/c1-23-19-15(11-14-5-4-7-16(21)12-14)6-2-3-8-17(19)18(22)20(26)25-10-9-24-13-25/h4-5,7,9-13,22-23H,2-3,6,8H2,1H3/p+1. The molecular formula is C20H22FN4O+. The minimum absolute atomic E-state index is 0.0110. The monoisotopic (exact) mass is 353 g/mol. The summed E-state index contributed by atoms with van der Waals surface area (Å²) in [4.78, 5) is 16.5. The molecule has 26 heavy (non-hydrogen) atoms. The number of nitrogens with two attached hydrogens (primary N) is 1. The largest absolute Gasteiger partial charge is 0.316 e. The lowest BCUT2D eigenvalue weighted by molar-refractivity contribution is -0.573. The molecule has 1 aromatic heterocycles. The Balaban J connectivity index is 2.01. The molecular weight excluding hydrogens is 331 g/mol. The molecule has 0 radical (unpaired) electrons. The van der Waals surface area contributed by atoms with Gasteiger partial charge in [0.05, 0.1) is 7.05 Å². The van der Waals surface area contributed by atoms with Crippen LogP contribution < -0.4 is 5.32 Å². The van der Waals surface area contributed by atoms with E-state index in [0.29, 0.717) is 6.42 Å². The van der Waals surface area contributed by atoms with Crippen LogP contribution in [0, 0.1) is 11.2 Å². The zero-order valence-electron chi connectivity index (χ0n) is 14.7. The van der Waals surface area contributed by atoms with Crippen LogP contribution in [-0.4, -0.2) is 28.2 Å². The quantitative estimate of drug-likeness (QED) is 0.830. The molecule has 1 aromatic carbocycles. The summed E-state index contributed by atoms with van der Waals surface area (Å²) in [5.74, 6) is -0.661. The number of likely N-dealkylation sites (N-methyl/N-ethyl adjacent to an activating group) is 1. The van der Waals surface area contributed by atoms with Gasteiger partial charge in [0, 0.05) is 23.5 Å². The number of benzene rings is 1. The van der Waals surface area contributed by atoms with E-state index in [0.717, 1.165) is 41.7 Å². The van der Waals surface area contributed by atoms with Crippen LogP contribution in [0.2, 0.25) is 0 Å². The SMILES string of the molecule is C[NH2+]C1=C(C(=N)C(=O)n2ccnc2)CCCCC1=Cc1cccc(F)c1. The summed E-state index contributed by atoms with van der Waals surface area (Å²) in [5.41, 5.74) is 3.46. The van der Waals surface area contributed by atoms with Gasteiger partial charge in [0.2, 0.25) is 0 Å². The van der Waals surface area contributed by atoms with Crippen molar-refractivity contribution < 1.29 is 14.5 Å². The predicted octanol–water partition coefficient (Wildman–Crippen LogP) is 2.79. The van der Waals surface area contributed by atoms with Crippen molar-refractivity contribution in [3.05, 3.63) is 71.2 Å². The number of nitrogens with one attached hydrogen (secondary N) is 1. The number of quaternary nitrogens is 1. The van der Waals surface area contributed by atoms with Gasteiger partial charge in [-0.1, -0.05) is 12.1 Å². The molecule has 1 aliphatic carbocycles. The fourth-order valence-corrected chi connectivity index (χ4v) is 3.28. The first-order valence-electron chi connectivity index (χ1n) is 8.70. The Labute approximate surface area is 151 Å². The molecule has 0 saturated carbocycles. The number of hydrogen-bond acceptors (Lipinski definition) is 3. The third-order valence-electron chi connectivity index (χ3n) is 4.53. The Kier molecular flexibility index (Phi) is 5.53. The van der Waals surface area contributed by atoms with E-state index in [2.05, 4.69) is 4.98 Å². The molecule has 0 unspecified atom stereocenters. The first-order valence-corrected chi connectivity index (χ1v) is 8.70. The van der Waals surface area contributed by atoms with Gasteiger partial charge >= 0.3 is 0 Å². The van der Waals surface area contributed by atoms with Crippen LogP contribution in [-0.2, 0) is 0 Å². The zero-order chi connectivity index (χ0) is 18.5. The predicted molar refractivity (Wildman–Crippen MR) is 98.3 cm³/mol. The van der Waals surface area contributed by atoms with Crippen molar-refractivity contribution in [2.24, 2.45) is 0 Å². The lowest BCUT2D eigenvalue weighted by Crippen LogP contribution is -2.78. The number of aromatic nitrogens is 2. The van der Waals surface area contributed by atoms with Crippen LogP contribution >= 0.6 is 0 Å². The maximum Gasteiger partial charge on any atom is 0.281 e. The van der Waals surface area contributed by atoms with Crippen LogP contribution in [0.1, 0.15) is 36.0 Å². The Hall–Kier alpha value is -2.86. The molecule has 0 spiro atoms. The van der Waals surface area contributed by atoms with Crippen LogP contribution in [0.5, 0.6) is 0 Å². The van der Waals surface area contributed by atoms with E-state index < -0.39 is 0 Å². The molecule has 0 atom stereocenters. The van der Waals surface area contributed by atoms with Crippen LogP contribution in [0.25, 0.3) is 6.08 Å². The summed E-state index contributed by atoms with van der Waals surface area (Å²) in [6.07, 6.45) is 9.83. The van der Waals surface area contributed by atoms with Crippen LogP contribution in [0.4, 0.5) is 4.39 Å². The first-order chi connectivity index (χ1) is 12.6. The van der Waals surface area contributed by atoms with Crippen molar-refractivity contribution in [2.75, 3.05) is 7.05 Å². The highest BCUT2D eigenvalue weighted by Crippen LogP contribution is 2.27. The van der Waals surface area contributed by atoms with E-state index >= 15 is 0 Å². The second-order valence-corrected chi connectivity index (χ2v) is 6.26. The molecule has 1 heterocycles. The third kappa shape index (κ3) is 3.86. The third-order valence-corrected chi connectivity index (χ3v) is 4.53. The number of halogens is 1. The number of nitrogens with zero attached hydrogens (tertiary/aromatic N) is 2. The number of rotatable bonds is 4. The zero-order valence-corrected chi connectivity index (χ0v) is 14.7. The van der Waals surface area contributed by atoms with Crippen molar-refractivity contribution >= 4 is 17.7 Å². The molecule has 3 rings (SSSR count). The van der Waals surface area contributed by atoms with E-state index in [4.69, 9.17) is 5.41 Å². The fourth-order valence-electron chi connectivity index (χ4n) is 3.28. The summed E-state index contributed by atoms with van der Waals surface area (Å²) >= 11 is 0. The molecule has 134 valence electrons. The Bertz CT molecular complexity index is 881. The highest BCUT2D eigenvalue weighted by Gasteiger charge is 2.26. The minimum atomic E-state index is -0.385. The van der Waals surface area contributed by atoms with Gasteiger partial charge in [-0.25, -0.2) is 9.37 Å². The summed E-state index contributed by atoms with van der Waals surface area (Å²) in [7, 11) is 1.91. The molecule has 0 aliphatic heterocycles. The second-order valence-electron chi connectivity index (χ2n) is 6.26. The molecule has 0 bridgehead atoms. The average Bonchev–Trinajstić information content (AvgIpc) is 3.09. The maximum atomic E-state index is 13.5. The Morgan fingerprint density at radius 2 is 2.15 bits per heavy atom. The maximum absolute atomic E-state index is 13.5. The highest BCUT2D eigenvalue weighted by atomic mass is 19.1. The summed E-state index contributed by atoms with van der Waals surface area (Å²) < 4.78 is 14.8. The Morgan fingerprint density at radius 1 is 1.35 bits per heavy atom. The van der Waals surface area contributed by atoms with E-state index in [1.54, 1.807) is 12.3 Å². The van der Waals surface area contributed by atoms with Crippen LogP contribution in [0.3, 0.4) is 0 Å². The van der Waals surface area contributed by atoms with Crippen molar-refractivity contribution in [1.29, 1.82) is 5.41 Å². The van der Waals surface area contributed by atoms with Gasteiger partial charge in [-0.2, -0.15) is 0 Å². The fraction of sp³-hybridized carbons (Fsp3) is 0.250. The van der Waals surface area contributed by atoms with Crippen molar-refractivity contribution in [1.82, 2.24) is 9.55 Å². The van der Waals surface area contributed by atoms with Gasteiger partial charge in [0.15, 0.2) is 0 Å². The molecule has 0 saturated heterocycles. The average molecular weight is 353 g/mol. The van der Waals surface area contributed by atoms with Gasteiger partial charge < -0.3 is 5.32 Å². The van der Waals surface area contributed by atoms with E-state index in [1.807, 2.05) is 24.5 Å². The van der Waals surface area contributed by atoms with E-state index in [1.165, 1.54) is 29.2 Å². The molecule has 0 fully saturated rings.